The Balaban J connectivity index is 2.32. The lowest BCUT2D eigenvalue weighted by Crippen LogP contribution is -2.33. The fourth-order valence-electron chi connectivity index (χ4n) is 2.15. The number of hydrogen-bond acceptors (Lipinski definition) is 3. The molecule has 0 unspecified atom stereocenters. The molecular formula is C15H18ClN3O2. The number of nitrogens with zero attached hydrogens (tertiary/aromatic N) is 2. The van der Waals surface area contributed by atoms with Crippen LogP contribution in [-0.2, 0) is 17.2 Å². The summed E-state index contributed by atoms with van der Waals surface area (Å²) in [6, 6.07) is 7.21. The maximum atomic E-state index is 12.5. The van der Waals surface area contributed by atoms with Gasteiger partial charge in [0.25, 0.3) is 5.56 Å². The van der Waals surface area contributed by atoms with Crippen LogP contribution in [0.3, 0.4) is 0 Å². The van der Waals surface area contributed by atoms with Crippen molar-refractivity contribution in [2.45, 2.75) is 38.7 Å². The quantitative estimate of drug-likeness (QED) is 0.860. The monoisotopic (exact) mass is 307 g/mol. The third-order valence-corrected chi connectivity index (χ3v) is 3.31. The molecule has 1 heterocycles. The van der Waals surface area contributed by atoms with E-state index in [1.165, 1.54) is 4.57 Å². The molecule has 5 nitrogen and oxygen atoms in total. The molecule has 0 saturated heterocycles. The van der Waals surface area contributed by atoms with Gasteiger partial charge < -0.3 is 5.32 Å². The minimum atomic E-state index is -0.159. The summed E-state index contributed by atoms with van der Waals surface area (Å²) in [5.74, 6) is 0.523. The fraction of sp³-hybridized carbons (Fsp3) is 0.400. The maximum Gasteiger partial charge on any atom is 0.261 e. The zero-order chi connectivity index (χ0) is 15.4. The van der Waals surface area contributed by atoms with E-state index in [1.807, 2.05) is 19.9 Å². The van der Waals surface area contributed by atoms with Crippen LogP contribution in [0, 0.1) is 0 Å². The van der Waals surface area contributed by atoms with E-state index in [9.17, 15) is 9.59 Å². The van der Waals surface area contributed by atoms with E-state index >= 15 is 0 Å². The minimum absolute atomic E-state index is 0.0800. The normalized spacial score (nSPS) is 11.0. The molecule has 2 rings (SSSR count). The van der Waals surface area contributed by atoms with Crippen LogP contribution >= 0.6 is 11.6 Å². The van der Waals surface area contributed by atoms with Crippen molar-refractivity contribution >= 4 is 28.4 Å². The van der Waals surface area contributed by atoms with Gasteiger partial charge in [0.15, 0.2) is 0 Å². The number of carbonyl (C=O) groups is 1. The van der Waals surface area contributed by atoms with E-state index in [-0.39, 0.29) is 36.4 Å². The number of halogens is 1. The summed E-state index contributed by atoms with van der Waals surface area (Å²) < 4.78 is 1.48. The van der Waals surface area contributed by atoms with Crippen LogP contribution < -0.4 is 10.9 Å². The lowest BCUT2D eigenvalue weighted by atomic mass is 10.2. The molecule has 6 heteroatoms. The summed E-state index contributed by atoms with van der Waals surface area (Å²) in [6.07, 6.45) is 0.224. The zero-order valence-electron chi connectivity index (χ0n) is 12.1. The third kappa shape index (κ3) is 3.61. The first-order valence-corrected chi connectivity index (χ1v) is 7.40. The molecule has 1 amide bonds. The average molecular weight is 308 g/mol. The van der Waals surface area contributed by atoms with Crippen LogP contribution in [0.1, 0.15) is 26.1 Å². The first kappa shape index (κ1) is 15.5. The van der Waals surface area contributed by atoms with Gasteiger partial charge in [0.05, 0.1) is 16.8 Å². The van der Waals surface area contributed by atoms with Gasteiger partial charge in [0, 0.05) is 19.0 Å². The zero-order valence-corrected chi connectivity index (χ0v) is 12.9. The summed E-state index contributed by atoms with van der Waals surface area (Å²) in [4.78, 5) is 28.6. The summed E-state index contributed by atoms with van der Waals surface area (Å²) in [6.45, 7) is 4.06. The number of hydrogen-bond donors (Lipinski definition) is 1. The van der Waals surface area contributed by atoms with Crippen LogP contribution in [0.2, 0.25) is 0 Å². The number of nitrogens with one attached hydrogen (secondary N) is 1. The molecule has 1 N–H and O–H groups in total. The Morgan fingerprint density at radius 3 is 2.76 bits per heavy atom. The van der Waals surface area contributed by atoms with Gasteiger partial charge in [-0.1, -0.05) is 12.1 Å². The van der Waals surface area contributed by atoms with Crippen molar-refractivity contribution < 1.29 is 4.79 Å². The summed E-state index contributed by atoms with van der Waals surface area (Å²) in [5, 5.41) is 3.34. The molecule has 0 bridgehead atoms. The first-order valence-electron chi connectivity index (χ1n) is 6.86. The van der Waals surface area contributed by atoms with E-state index in [2.05, 4.69) is 10.3 Å². The SMILES string of the molecule is CC(C)NC(=O)CCn1c(CCl)nc2ccccc2c1=O. The molecular weight excluding hydrogens is 290 g/mol. The van der Waals surface area contributed by atoms with E-state index in [1.54, 1.807) is 18.2 Å². The highest BCUT2D eigenvalue weighted by Gasteiger charge is 2.11. The Morgan fingerprint density at radius 2 is 2.10 bits per heavy atom. The molecule has 0 aliphatic rings. The van der Waals surface area contributed by atoms with Crippen molar-refractivity contribution in [1.29, 1.82) is 0 Å². The van der Waals surface area contributed by atoms with Crippen LogP contribution in [0.5, 0.6) is 0 Å². The number of alkyl halides is 1. The van der Waals surface area contributed by atoms with Gasteiger partial charge in [-0.15, -0.1) is 11.6 Å². The number of carbonyl (C=O) groups excluding carboxylic acids is 1. The van der Waals surface area contributed by atoms with Crippen LogP contribution in [0.25, 0.3) is 10.9 Å². The molecule has 0 spiro atoms. The second-order valence-electron chi connectivity index (χ2n) is 5.11. The molecule has 1 aromatic carbocycles. The molecule has 0 aliphatic heterocycles. The fourth-order valence-corrected chi connectivity index (χ4v) is 2.36. The van der Waals surface area contributed by atoms with Crippen molar-refractivity contribution in [1.82, 2.24) is 14.9 Å². The number of amides is 1. The molecule has 0 atom stereocenters. The van der Waals surface area contributed by atoms with Gasteiger partial charge >= 0.3 is 0 Å². The van der Waals surface area contributed by atoms with Gasteiger partial charge in [-0.25, -0.2) is 4.98 Å². The average Bonchev–Trinajstić information content (AvgIpc) is 2.45. The Bertz CT molecular complexity index is 710. The number of para-hydroxylation sites is 1. The van der Waals surface area contributed by atoms with Gasteiger partial charge in [-0.3, -0.25) is 14.2 Å². The van der Waals surface area contributed by atoms with Crippen molar-refractivity contribution in [3.05, 3.63) is 40.4 Å². The molecule has 1 aromatic heterocycles. The van der Waals surface area contributed by atoms with Gasteiger partial charge in [0.1, 0.15) is 5.82 Å². The summed E-state index contributed by atoms with van der Waals surface area (Å²) in [7, 11) is 0. The molecule has 112 valence electrons. The maximum absolute atomic E-state index is 12.5. The van der Waals surface area contributed by atoms with Crippen molar-refractivity contribution in [2.75, 3.05) is 0 Å². The standard InChI is InChI=1S/C15H18ClN3O2/c1-10(2)17-14(20)7-8-19-13(9-16)18-12-6-4-3-5-11(12)15(19)21/h3-6,10H,7-9H2,1-2H3,(H,17,20). The summed E-state index contributed by atoms with van der Waals surface area (Å²) in [5.41, 5.74) is 0.467. The minimum Gasteiger partial charge on any atom is -0.354 e. The number of aromatic nitrogens is 2. The molecule has 0 saturated carbocycles. The topological polar surface area (TPSA) is 64.0 Å². The van der Waals surface area contributed by atoms with Crippen molar-refractivity contribution in [3.8, 4) is 0 Å². The van der Waals surface area contributed by atoms with Crippen molar-refractivity contribution in [3.63, 3.8) is 0 Å². The smallest absolute Gasteiger partial charge is 0.261 e. The van der Waals surface area contributed by atoms with Gasteiger partial charge in [-0.05, 0) is 26.0 Å². The van der Waals surface area contributed by atoms with E-state index < -0.39 is 0 Å². The van der Waals surface area contributed by atoms with Crippen LogP contribution in [-0.4, -0.2) is 21.5 Å². The first-order chi connectivity index (χ1) is 10.0. The highest BCUT2D eigenvalue weighted by Crippen LogP contribution is 2.09. The lowest BCUT2D eigenvalue weighted by Gasteiger charge is -2.13. The second-order valence-corrected chi connectivity index (χ2v) is 5.38. The van der Waals surface area contributed by atoms with E-state index in [4.69, 9.17) is 11.6 Å². The predicted octanol–water partition coefficient (Wildman–Crippen LogP) is 2.05. The number of rotatable bonds is 5. The van der Waals surface area contributed by atoms with Crippen LogP contribution in [0.4, 0.5) is 0 Å². The largest absolute Gasteiger partial charge is 0.354 e. The number of fused-ring (bicyclic) bond motifs is 1. The highest BCUT2D eigenvalue weighted by atomic mass is 35.5. The Hall–Kier alpha value is -1.88. The molecule has 21 heavy (non-hydrogen) atoms. The van der Waals surface area contributed by atoms with Gasteiger partial charge in [-0.2, -0.15) is 0 Å². The van der Waals surface area contributed by atoms with E-state index in [0.29, 0.717) is 16.7 Å². The highest BCUT2D eigenvalue weighted by molar-refractivity contribution is 6.16. The summed E-state index contributed by atoms with van der Waals surface area (Å²) >= 11 is 5.88. The number of benzene rings is 1. The Kier molecular flexibility index (Phi) is 4.96. The molecule has 0 radical (unpaired) electrons. The van der Waals surface area contributed by atoms with E-state index in [0.717, 1.165) is 0 Å². The molecule has 0 fully saturated rings. The molecule has 2 aromatic rings. The van der Waals surface area contributed by atoms with Gasteiger partial charge in [0.2, 0.25) is 5.91 Å². The van der Waals surface area contributed by atoms with Crippen molar-refractivity contribution in [2.24, 2.45) is 0 Å². The Labute approximate surface area is 127 Å². The Morgan fingerprint density at radius 1 is 1.38 bits per heavy atom. The predicted molar refractivity (Wildman–Crippen MR) is 83.5 cm³/mol. The molecule has 0 aliphatic carbocycles. The third-order valence-electron chi connectivity index (χ3n) is 3.07. The van der Waals surface area contributed by atoms with Crippen LogP contribution in [0.15, 0.2) is 29.1 Å². The second kappa shape index (κ2) is 6.72. The lowest BCUT2D eigenvalue weighted by molar-refractivity contribution is -0.121.